The van der Waals surface area contributed by atoms with Gasteiger partial charge in [0.1, 0.15) is 0 Å². The highest BCUT2D eigenvalue weighted by atomic mass is 16.1. The lowest BCUT2D eigenvalue weighted by molar-refractivity contribution is -0.118. The van der Waals surface area contributed by atoms with Gasteiger partial charge in [-0.25, -0.2) is 0 Å². The molecule has 0 unspecified atom stereocenters. The summed E-state index contributed by atoms with van der Waals surface area (Å²) in [5.74, 6) is -0.125. The van der Waals surface area contributed by atoms with Crippen LogP contribution in [-0.4, -0.2) is 12.1 Å². The van der Waals surface area contributed by atoms with E-state index in [-0.39, 0.29) is 5.91 Å². The molecule has 0 rings (SSSR count). The predicted octanol–water partition coefficient (Wildman–Crippen LogP) is 2.27. The van der Waals surface area contributed by atoms with Crippen molar-refractivity contribution in [1.82, 2.24) is 5.32 Å². The van der Waals surface area contributed by atoms with E-state index in [1.165, 1.54) is 6.92 Å². The number of amides is 1. The number of rotatable bonds is 3. The van der Waals surface area contributed by atoms with E-state index in [0.29, 0.717) is 5.70 Å². The molecule has 0 aromatic rings. The summed E-state index contributed by atoms with van der Waals surface area (Å²) in [6.45, 7) is 10.8. The minimum absolute atomic E-state index is 0.125. The van der Waals surface area contributed by atoms with Crippen molar-refractivity contribution in [3.8, 4) is 0 Å². The summed E-state index contributed by atoms with van der Waals surface area (Å²) in [6, 6.07) is 0. The highest BCUT2D eigenvalue weighted by molar-refractivity contribution is 5.75. The van der Waals surface area contributed by atoms with Gasteiger partial charge in [-0.15, -0.1) is 0 Å². The van der Waals surface area contributed by atoms with E-state index < -0.39 is 0 Å². The number of nitrogens with one attached hydrogen (secondary N) is 1. The lowest BCUT2D eigenvalue weighted by Crippen LogP contribution is -2.16. The minimum atomic E-state index is -0.125. The SMILES string of the molecule is C=C(/C=C\N=CC)NC(C)=O.CC. The van der Waals surface area contributed by atoms with Crippen molar-refractivity contribution >= 4 is 12.1 Å². The third-order valence-corrected chi connectivity index (χ3v) is 0.847. The predicted molar refractivity (Wildman–Crippen MR) is 57.6 cm³/mol. The van der Waals surface area contributed by atoms with Crippen LogP contribution in [-0.2, 0) is 4.79 Å². The first-order chi connectivity index (χ1) is 6.16. The Balaban J connectivity index is 0. The van der Waals surface area contributed by atoms with Gasteiger partial charge in [0.25, 0.3) is 0 Å². The maximum Gasteiger partial charge on any atom is 0.221 e. The summed E-state index contributed by atoms with van der Waals surface area (Å²) in [4.78, 5) is 14.2. The van der Waals surface area contributed by atoms with E-state index in [1.807, 2.05) is 20.8 Å². The summed E-state index contributed by atoms with van der Waals surface area (Å²) in [5.41, 5.74) is 0.545. The van der Waals surface area contributed by atoms with Gasteiger partial charge in [-0.2, -0.15) is 0 Å². The summed E-state index contributed by atoms with van der Waals surface area (Å²) >= 11 is 0. The molecule has 0 bridgehead atoms. The van der Waals surface area contributed by atoms with Crippen molar-refractivity contribution in [2.45, 2.75) is 27.7 Å². The van der Waals surface area contributed by atoms with E-state index >= 15 is 0 Å². The second kappa shape index (κ2) is 10.6. The molecule has 3 nitrogen and oxygen atoms in total. The Morgan fingerprint density at radius 2 is 2.00 bits per heavy atom. The van der Waals surface area contributed by atoms with Crippen molar-refractivity contribution in [2.24, 2.45) is 4.99 Å². The molecule has 0 saturated heterocycles. The molecule has 0 aromatic carbocycles. The van der Waals surface area contributed by atoms with Gasteiger partial charge in [-0.1, -0.05) is 20.4 Å². The van der Waals surface area contributed by atoms with Crippen LogP contribution in [0, 0.1) is 0 Å². The van der Waals surface area contributed by atoms with Crippen molar-refractivity contribution in [1.29, 1.82) is 0 Å². The fourth-order valence-electron chi connectivity index (χ4n) is 0.487. The minimum Gasteiger partial charge on any atom is -0.327 e. The second-order valence-corrected chi connectivity index (χ2v) is 1.93. The summed E-state index contributed by atoms with van der Waals surface area (Å²) in [6.07, 6.45) is 4.84. The van der Waals surface area contributed by atoms with Crippen LogP contribution in [0.4, 0.5) is 0 Å². The topological polar surface area (TPSA) is 41.5 Å². The number of hydrogen-bond donors (Lipinski definition) is 1. The number of aliphatic imine (C=N–C) groups is 1. The van der Waals surface area contributed by atoms with Crippen LogP contribution in [0.15, 0.2) is 29.5 Å². The fourth-order valence-corrected chi connectivity index (χ4v) is 0.487. The Kier molecular flexibility index (Phi) is 11.6. The van der Waals surface area contributed by atoms with Crippen LogP contribution in [0.3, 0.4) is 0 Å². The number of carbonyl (C=O) groups excluding carboxylic acids is 1. The number of carbonyl (C=O) groups is 1. The molecule has 0 aliphatic rings. The normalized spacial score (nSPS) is 9.54. The molecule has 3 heteroatoms. The van der Waals surface area contributed by atoms with E-state index in [0.717, 1.165) is 0 Å². The Hall–Kier alpha value is -1.38. The Bertz CT molecular complexity index is 205. The number of hydrogen-bond acceptors (Lipinski definition) is 2. The van der Waals surface area contributed by atoms with Gasteiger partial charge in [-0.05, 0) is 13.0 Å². The average molecular weight is 182 g/mol. The standard InChI is InChI=1S/C8H12N2O.C2H6/c1-4-9-6-5-7(2)10-8(3)11;1-2/h4-6H,2H2,1,3H3,(H,10,11);1-2H3/b6-5-,9-4?;. The van der Waals surface area contributed by atoms with E-state index in [1.54, 1.807) is 18.5 Å². The summed E-state index contributed by atoms with van der Waals surface area (Å²) in [5, 5.41) is 2.51. The molecule has 0 atom stereocenters. The monoisotopic (exact) mass is 182 g/mol. The Morgan fingerprint density at radius 1 is 1.46 bits per heavy atom. The van der Waals surface area contributed by atoms with Crippen molar-refractivity contribution in [2.75, 3.05) is 0 Å². The van der Waals surface area contributed by atoms with E-state index in [4.69, 9.17) is 0 Å². The highest BCUT2D eigenvalue weighted by Gasteiger charge is 1.88. The molecule has 0 aliphatic carbocycles. The Labute approximate surface area is 80.3 Å². The van der Waals surface area contributed by atoms with Crippen molar-refractivity contribution in [3.05, 3.63) is 24.6 Å². The first kappa shape index (κ1) is 14.2. The van der Waals surface area contributed by atoms with Gasteiger partial charge in [0, 0.05) is 25.0 Å². The molecule has 1 amide bonds. The van der Waals surface area contributed by atoms with Crippen LogP contribution < -0.4 is 5.32 Å². The zero-order chi connectivity index (χ0) is 10.7. The maximum absolute atomic E-state index is 10.4. The maximum atomic E-state index is 10.4. The van der Waals surface area contributed by atoms with Crippen molar-refractivity contribution in [3.63, 3.8) is 0 Å². The fraction of sp³-hybridized carbons (Fsp3) is 0.400. The molecule has 0 fully saturated rings. The van der Waals surface area contributed by atoms with Gasteiger partial charge in [0.2, 0.25) is 5.91 Å². The van der Waals surface area contributed by atoms with E-state index in [9.17, 15) is 4.79 Å². The average Bonchev–Trinajstić information content (AvgIpc) is 2.07. The second-order valence-electron chi connectivity index (χ2n) is 1.93. The zero-order valence-electron chi connectivity index (χ0n) is 8.79. The van der Waals surface area contributed by atoms with Crippen LogP contribution in [0.5, 0.6) is 0 Å². The van der Waals surface area contributed by atoms with Crippen LogP contribution >= 0.6 is 0 Å². The molecule has 13 heavy (non-hydrogen) atoms. The molecule has 0 spiro atoms. The summed E-state index contributed by atoms with van der Waals surface area (Å²) in [7, 11) is 0. The molecular weight excluding hydrogens is 164 g/mol. The lowest BCUT2D eigenvalue weighted by Gasteiger charge is -1.96. The van der Waals surface area contributed by atoms with Crippen molar-refractivity contribution < 1.29 is 4.79 Å². The molecule has 0 heterocycles. The van der Waals surface area contributed by atoms with Gasteiger partial charge < -0.3 is 5.32 Å². The molecule has 0 saturated carbocycles. The summed E-state index contributed by atoms with van der Waals surface area (Å²) < 4.78 is 0. The van der Waals surface area contributed by atoms with Crippen LogP contribution in [0.25, 0.3) is 0 Å². The zero-order valence-corrected chi connectivity index (χ0v) is 8.79. The third kappa shape index (κ3) is 13.6. The Morgan fingerprint density at radius 3 is 2.38 bits per heavy atom. The van der Waals surface area contributed by atoms with Gasteiger partial charge >= 0.3 is 0 Å². The largest absolute Gasteiger partial charge is 0.327 e. The number of nitrogens with zero attached hydrogens (tertiary/aromatic N) is 1. The van der Waals surface area contributed by atoms with Crippen LogP contribution in [0.2, 0.25) is 0 Å². The molecular formula is C10H18N2O. The molecule has 0 radical (unpaired) electrons. The molecule has 1 N–H and O–H groups in total. The number of allylic oxidation sites excluding steroid dienone is 1. The molecule has 74 valence electrons. The van der Waals surface area contributed by atoms with Gasteiger partial charge in [0.05, 0.1) is 0 Å². The first-order valence-corrected chi connectivity index (χ1v) is 4.27. The quantitative estimate of drug-likeness (QED) is 0.528. The molecule has 0 aliphatic heterocycles. The lowest BCUT2D eigenvalue weighted by atomic mass is 10.4. The third-order valence-electron chi connectivity index (χ3n) is 0.847. The smallest absolute Gasteiger partial charge is 0.221 e. The first-order valence-electron chi connectivity index (χ1n) is 4.27. The van der Waals surface area contributed by atoms with Gasteiger partial charge in [0.15, 0.2) is 0 Å². The van der Waals surface area contributed by atoms with Gasteiger partial charge in [-0.3, -0.25) is 9.79 Å². The highest BCUT2D eigenvalue weighted by Crippen LogP contribution is 1.86. The van der Waals surface area contributed by atoms with Crippen LogP contribution in [0.1, 0.15) is 27.7 Å². The molecule has 0 aromatic heterocycles. The van der Waals surface area contributed by atoms with E-state index in [2.05, 4.69) is 16.9 Å².